The molecule has 6 rings (SSSR count). The standard InChI is InChI=1S/C28H23NO4/c30-26(22-13-12-18-11-10-17-6-3-8-21(22)25(17)18)20-7-4-14-29(16-20)27(31)23-15-19-5-1-2-9-24(19)33-28(23)32/h1-3,5-6,8-9,12-13,15,20H,4,7,10-11,14,16H2/t20-/m0/s1. The lowest BCUT2D eigenvalue weighted by atomic mass is 9.87. The van der Waals surface area contributed by atoms with Gasteiger partial charge < -0.3 is 9.32 Å². The zero-order valence-electron chi connectivity index (χ0n) is 18.2. The highest BCUT2D eigenvalue weighted by Crippen LogP contribution is 2.34. The molecule has 0 radical (unpaired) electrons. The van der Waals surface area contributed by atoms with Crippen LogP contribution in [-0.4, -0.2) is 29.7 Å². The predicted molar refractivity (Wildman–Crippen MR) is 127 cm³/mol. The van der Waals surface area contributed by atoms with E-state index in [0.717, 1.165) is 36.6 Å². The van der Waals surface area contributed by atoms with Crippen LogP contribution in [0.1, 0.15) is 44.7 Å². The van der Waals surface area contributed by atoms with Crippen molar-refractivity contribution < 1.29 is 14.0 Å². The monoisotopic (exact) mass is 437 g/mol. The molecule has 1 aliphatic heterocycles. The summed E-state index contributed by atoms with van der Waals surface area (Å²) in [5.74, 6) is -0.574. The van der Waals surface area contributed by atoms with E-state index < -0.39 is 5.63 Å². The number of carbonyl (C=O) groups is 2. The summed E-state index contributed by atoms with van der Waals surface area (Å²) in [4.78, 5) is 40.9. The van der Waals surface area contributed by atoms with E-state index in [1.54, 1.807) is 23.1 Å². The number of ketones is 1. The number of hydrogen-bond donors (Lipinski definition) is 0. The molecule has 0 bridgehead atoms. The van der Waals surface area contributed by atoms with E-state index in [1.165, 1.54) is 16.5 Å². The largest absolute Gasteiger partial charge is 0.422 e. The van der Waals surface area contributed by atoms with Crippen molar-refractivity contribution in [3.63, 3.8) is 0 Å². The lowest BCUT2D eigenvalue weighted by Gasteiger charge is -2.32. The smallest absolute Gasteiger partial charge is 0.349 e. The fourth-order valence-corrected chi connectivity index (χ4v) is 5.44. The van der Waals surface area contributed by atoms with E-state index >= 15 is 0 Å². The van der Waals surface area contributed by atoms with E-state index in [0.29, 0.717) is 24.1 Å². The Labute approximate surface area is 190 Å². The van der Waals surface area contributed by atoms with Crippen molar-refractivity contribution in [2.75, 3.05) is 13.1 Å². The van der Waals surface area contributed by atoms with Crippen molar-refractivity contribution in [3.8, 4) is 0 Å². The highest BCUT2D eigenvalue weighted by Gasteiger charge is 2.32. The van der Waals surface area contributed by atoms with Crippen LogP contribution in [0.3, 0.4) is 0 Å². The Morgan fingerprint density at radius 2 is 1.73 bits per heavy atom. The quantitative estimate of drug-likeness (QED) is 0.342. The number of benzene rings is 3. The van der Waals surface area contributed by atoms with E-state index in [4.69, 9.17) is 4.42 Å². The van der Waals surface area contributed by atoms with Crippen LogP contribution >= 0.6 is 0 Å². The molecule has 5 heteroatoms. The van der Waals surface area contributed by atoms with Crippen LogP contribution in [0.4, 0.5) is 0 Å². The Balaban J connectivity index is 1.30. The van der Waals surface area contributed by atoms with E-state index in [2.05, 4.69) is 12.1 Å². The second kappa shape index (κ2) is 7.69. The number of aryl methyl sites for hydroxylation is 2. The van der Waals surface area contributed by atoms with E-state index in [1.807, 2.05) is 30.3 Å². The molecule has 1 atom stereocenters. The van der Waals surface area contributed by atoms with Crippen LogP contribution < -0.4 is 5.63 Å². The molecule has 0 spiro atoms. The number of rotatable bonds is 3. The Hall–Kier alpha value is -3.73. The third-order valence-corrected chi connectivity index (χ3v) is 7.09. The van der Waals surface area contributed by atoms with Gasteiger partial charge in [-0.1, -0.05) is 48.5 Å². The van der Waals surface area contributed by atoms with Crippen LogP contribution in [0, 0.1) is 5.92 Å². The van der Waals surface area contributed by atoms with Gasteiger partial charge >= 0.3 is 5.63 Å². The molecule has 1 amide bonds. The summed E-state index contributed by atoms with van der Waals surface area (Å²) in [6, 6.07) is 19.0. The molecule has 2 heterocycles. The second-order valence-electron chi connectivity index (χ2n) is 9.05. The van der Waals surface area contributed by atoms with Crippen molar-refractivity contribution in [1.29, 1.82) is 0 Å². The molecule has 3 aromatic carbocycles. The number of amides is 1. The lowest BCUT2D eigenvalue weighted by Crippen LogP contribution is -2.43. The van der Waals surface area contributed by atoms with Gasteiger partial charge in [0, 0.05) is 30.0 Å². The van der Waals surface area contributed by atoms with Gasteiger partial charge in [0.1, 0.15) is 11.1 Å². The van der Waals surface area contributed by atoms with Gasteiger partial charge in [0.2, 0.25) is 0 Å². The SMILES string of the molecule is O=C(c1ccc2c3c(cccc13)CC2)[C@H]1CCCN(C(=O)c2cc3ccccc3oc2=O)C1. The van der Waals surface area contributed by atoms with Gasteiger partial charge in [-0.25, -0.2) is 4.79 Å². The Morgan fingerprint density at radius 3 is 2.61 bits per heavy atom. The number of piperidine rings is 1. The van der Waals surface area contributed by atoms with Crippen LogP contribution in [0.15, 0.2) is 69.9 Å². The van der Waals surface area contributed by atoms with Crippen molar-refractivity contribution in [1.82, 2.24) is 4.90 Å². The summed E-state index contributed by atoms with van der Waals surface area (Å²) in [5.41, 5.74) is 3.19. The van der Waals surface area contributed by atoms with Gasteiger partial charge in [0.05, 0.1) is 0 Å². The first-order valence-electron chi connectivity index (χ1n) is 11.5. The van der Waals surface area contributed by atoms with Gasteiger partial charge in [-0.15, -0.1) is 0 Å². The van der Waals surface area contributed by atoms with Crippen molar-refractivity contribution in [2.45, 2.75) is 25.7 Å². The van der Waals surface area contributed by atoms with Gasteiger partial charge in [0.25, 0.3) is 5.91 Å². The summed E-state index contributed by atoms with van der Waals surface area (Å²) in [6.45, 7) is 0.839. The van der Waals surface area contributed by atoms with Crippen LogP contribution in [-0.2, 0) is 12.8 Å². The summed E-state index contributed by atoms with van der Waals surface area (Å²) in [5, 5.41) is 2.95. The number of hydrogen-bond acceptors (Lipinski definition) is 4. The molecule has 164 valence electrons. The third kappa shape index (κ3) is 3.27. The molecule has 1 saturated heterocycles. The van der Waals surface area contributed by atoms with E-state index in [9.17, 15) is 14.4 Å². The summed E-state index contributed by atoms with van der Waals surface area (Å²) in [6.07, 6.45) is 3.49. The molecule has 33 heavy (non-hydrogen) atoms. The molecular formula is C28H23NO4. The zero-order valence-corrected chi connectivity index (χ0v) is 18.2. The van der Waals surface area contributed by atoms with Crippen LogP contribution in [0.2, 0.25) is 0 Å². The minimum absolute atomic E-state index is 0.0205. The zero-order chi connectivity index (χ0) is 22.5. The average Bonchev–Trinajstić information content (AvgIpc) is 3.28. The molecule has 1 aromatic heterocycles. The molecule has 4 aromatic rings. The number of para-hydroxylation sites is 1. The normalized spacial score (nSPS) is 17.6. The van der Waals surface area contributed by atoms with Crippen molar-refractivity contribution in [2.24, 2.45) is 5.92 Å². The predicted octanol–water partition coefficient (Wildman–Crippen LogP) is 4.78. The molecule has 1 fully saturated rings. The lowest BCUT2D eigenvalue weighted by molar-refractivity contribution is 0.0634. The molecule has 1 aliphatic carbocycles. The fraction of sp³-hybridized carbons (Fsp3) is 0.250. The van der Waals surface area contributed by atoms with Gasteiger partial charge in [0.15, 0.2) is 5.78 Å². The topological polar surface area (TPSA) is 67.6 Å². The first kappa shape index (κ1) is 19.9. The van der Waals surface area contributed by atoms with Crippen molar-refractivity contribution in [3.05, 3.63) is 93.3 Å². The minimum Gasteiger partial charge on any atom is -0.422 e. The maximum absolute atomic E-state index is 13.6. The van der Waals surface area contributed by atoms with E-state index in [-0.39, 0.29) is 23.2 Å². The highest BCUT2D eigenvalue weighted by molar-refractivity contribution is 6.11. The van der Waals surface area contributed by atoms with Gasteiger partial charge in [-0.3, -0.25) is 9.59 Å². The molecular weight excluding hydrogens is 414 g/mol. The van der Waals surface area contributed by atoms with Gasteiger partial charge in [-0.05, 0) is 59.7 Å². The molecule has 5 nitrogen and oxygen atoms in total. The Kier molecular flexibility index (Phi) is 4.64. The maximum atomic E-state index is 13.6. The third-order valence-electron chi connectivity index (χ3n) is 7.09. The summed E-state index contributed by atoms with van der Waals surface area (Å²) >= 11 is 0. The average molecular weight is 437 g/mol. The summed E-state index contributed by atoms with van der Waals surface area (Å²) < 4.78 is 5.35. The number of likely N-dealkylation sites (tertiary alicyclic amines) is 1. The minimum atomic E-state index is -0.639. The molecule has 2 aliphatic rings. The molecule has 0 unspecified atom stereocenters. The molecule has 0 N–H and O–H groups in total. The highest BCUT2D eigenvalue weighted by atomic mass is 16.4. The first-order valence-corrected chi connectivity index (χ1v) is 11.5. The van der Waals surface area contributed by atoms with Gasteiger partial charge in [-0.2, -0.15) is 0 Å². The number of carbonyl (C=O) groups excluding carboxylic acids is 2. The van der Waals surface area contributed by atoms with Crippen LogP contribution in [0.5, 0.6) is 0 Å². The van der Waals surface area contributed by atoms with Crippen molar-refractivity contribution >= 4 is 33.4 Å². The Bertz CT molecular complexity index is 1490. The number of nitrogens with zero attached hydrogens (tertiary/aromatic N) is 1. The fourth-order valence-electron chi connectivity index (χ4n) is 5.44. The molecule has 0 saturated carbocycles. The summed E-state index contributed by atoms with van der Waals surface area (Å²) in [7, 11) is 0. The van der Waals surface area contributed by atoms with Crippen LogP contribution in [0.25, 0.3) is 21.7 Å². The first-order chi connectivity index (χ1) is 16.1. The maximum Gasteiger partial charge on any atom is 0.349 e. The number of fused-ring (bicyclic) bond motifs is 1. The second-order valence-corrected chi connectivity index (χ2v) is 9.05. The Morgan fingerprint density at radius 1 is 0.909 bits per heavy atom. The number of Topliss-reactive ketones (excluding diaryl/α,β-unsaturated/α-hetero) is 1.